The number of carboxylic acids is 1. The van der Waals surface area contributed by atoms with E-state index in [0.717, 1.165) is 0 Å². The van der Waals surface area contributed by atoms with Crippen LogP contribution in [0.25, 0.3) is 10.9 Å². The molecule has 2 unspecified atom stereocenters. The first-order valence-electron chi connectivity index (χ1n) is 7.07. The van der Waals surface area contributed by atoms with Crippen LogP contribution in [0.3, 0.4) is 0 Å². The molecule has 0 spiro atoms. The monoisotopic (exact) mass is 329 g/mol. The lowest BCUT2D eigenvalue weighted by atomic mass is 10.0. The number of nitrogens with one attached hydrogen (secondary N) is 1. The van der Waals surface area contributed by atoms with Crippen molar-refractivity contribution in [1.82, 2.24) is 4.98 Å². The van der Waals surface area contributed by atoms with E-state index in [1.165, 1.54) is 13.1 Å². The second-order valence-electron chi connectivity index (χ2n) is 5.54. The average Bonchev–Trinajstić information content (AvgIpc) is 2.99. The molecule has 0 bridgehead atoms. The Bertz CT molecular complexity index is 919. The largest absolute Gasteiger partial charge is 0.480 e. The maximum atomic E-state index is 13.3. The molecule has 0 amide bonds. The van der Waals surface area contributed by atoms with E-state index in [1.807, 2.05) is 0 Å². The minimum atomic E-state index is -4.27. The average molecular weight is 329 g/mol. The lowest BCUT2D eigenvalue weighted by molar-refractivity contribution is -0.140. The summed E-state index contributed by atoms with van der Waals surface area (Å²) in [5.41, 5.74) is 0.987. The van der Waals surface area contributed by atoms with E-state index in [-0.39, 0.29) is 5.30 Å². The van der Waals surface area contributed by atoms with Crippen LogP contribution in [-0.2, 0) is 14.5 Å². The summed E-state index contributed by atoms with van der Waals surface area (Å²) in [4.78, 5) is 25.8. The van der Waals surface area contributed by atoms with Crippen LogP contribution in [0.5, 0.6) is 0 Å². The quantitative estimate of drug-likeness (QED) is 0.642. The molecule has 0 aliphatic carbocycles. The topological polar surface area (TPSA) is 90.4 Å². The molecular formula is C17H16NO4P. The van der Waals surface area contributed by atoms with E-state index in [2.05, 4.69) is 4.98 Å². The van der Waals surface area contributed by atoms with Crippen molar-refractivity contribution in [2.45, 2.75) is 12.1 Å². The number of carboxylic acid groups (broad SMARTS) is 1. The van der Waals surface area contributed by atoms with Crippen molar-refractivity contribution in [2.24, 2.45) is 0 Å². The summed E-state index contributed by atoms with van der Waals surface area (Å²) in [5, 5.41) is 8.50. The molecular weight excluding hydrogens is 313 g/mol. The molecule has 3 aromatic rings. The Morgan fingerprint density at radius 2 is 1.70 bits per heavy atom. The number of aromatic amines is 1. The predicted octanol–water partition coefficient (Wildman–Crippen LogP) is 3.06. The summed E-state index contributed by atoms with van der Waals surface area (Å²) < 4.78 is 13.3. The van der Waals surface area contributed by atoms with Gasteiger partial charge in [-0.25, -0.2) is 0 Å². The molecule has 5 nitrogen and oxygen atoms in total. The lowest BCUT2D eigenvalue weighted by Crippen LogP contribution is -2.35. The Balaban J connectivity index is 2.27. The third-order valence-electron chi connectivity index (χ3n) is 4.25. The van der Waals surface area contributed by atoms with Gasteiger partial charge < -0.3 is 15.0 Å². The summed E-state index contributed by atoms with van der Waals surface area (Å²) in [5.74, 6) is -1.33. The Morgan fingerprint density at radius 3 is 2.35 bits per heavy atom. The summed E-state index contributed by atoms with van der Waals surface area (Å²) in [6.07, 6.45) is 1.43. The van der Waals surface area contributed by atoms with Crippen molar-refractivity contribution in [3.8, 4) is 0 Å². The van der Waals surface area contributed by atoms with Crippen LogP contribution >= 0.6 is 7.37 Å². The first kappa shape index (κ1) is 15.5. The van der Waals surface area contributed by atoms with Crippen LogP contribution in [0.4, 0.5) is 0 Å². The van der Waals surface area contributed by atoms with E-state index in [4.69, 9.17) is 0 Å². The van der Waals surface area contributed by atoms with Gasteiger partial charge in [0.25, 0.3) is 7.37 Å². The Labute approximate surface area is 133 Å². The van der Waals surface area contributed by atoms with Gasteiger partial charge in [0.15, 0.2) is 5.16 Å². The predicted molar refractivity (Wildman–Crippen MR) is 89.2 cm³/mol. The molecule has 0 saturated carbocycles. The minimum absolute atomic E-state index is 0.127. The van der Waals surface area contributed by atoms with Crippen molar-refractivity contribution in [3.05, 3.63) is 66.4 Å². The highest BCUT2D eigenvalue weighted by atomic mass is 31.2. The first-order chi connectivity index (χ1) is 10.9. The van der Waals surface area contributed by atoms with Gasteiger partial charge in [0, 0.05) is 17.1 Å². The molecule has 0 aliphatic heterocycles. The smallest absolute Gasteiger partial charge is 0.324 e. The van der Waals surface area contributed by atoms with Crippen molar-refractivity contribution in [1.29, 1.82) is 0 Å². The molecule has 0 radical (unpaired) electrons. The maximum Gasteiger partial charge on any atom is 0.324 e. The second-order valence-corrected chi connectivity index (χ2v) is 8.07. The number of hydrogen-bond donors (Lipinski definition) is 3. The Morgan fingerprint density at radius 1 is 1.09 bits per heavy atom. The maximum absolute atomic E-state index is 13.3. The molecule has 118 valence electrons. The van der Waals surface area contributed by atoms with Crippen molar-refractivity contribution in [3.63, 3.8) is 0 Å². The normalized spacial score (nSPS) is 16.6. The number of aromatic nitrogens is 1. The molecule has 0 saturated heterocycles. The number of H-pyrrole nitrogens is 1. The van der Waals surface area contributed by atoms with Crippen LogP contribution in [-0.4, -0.2) is 21.0 Å². The summed E-state index contributed by atoms with van der Waals surface area (Å²) in [6.45, 7) is 1.30. The Kier molecular flexibility index (Phi) is 3.63. The zero-order chi connectivity index (χ0) is 16.7. The van der Waals surface area contributed by atoms with E-state index < -0.39 is 18.5 Å². The number of benzene rings is 2. The molecule has 3 rings (SSSR count). The molecule has 1 heterocycles. The highest BCUT2D eigenvalue weighted by Crippen LogP contribution is 2.60. The molecule has 23 heavy (non-hydrogen) atoms. The summed E-state index contributed by atoms with van der Waals surface area (Å²) in [6, 6.07) is 15.2. The number of hydrogen-bond acceptors (Lipinski definition) is 2. The van der Waals surface area contributed by atoms with Gasteiger partial charge in [-0.15, -0.1) is 0 Å². The third-order valence-corrected chi connectivity index (χ3v) is 6.94. The fourth-order valence-corrected chi connectivity index (χ4v) is 4.74. The van der Waals surface area contributed by atoms with E-state index >= 15 is 0 Å². The van der Waals surface area contributed by atoms with Gasteiger partial charge >= 0.3 is 5.97 Å². The van der Waals surface area contributed by atoms with Crippen molar-refractivity contribution >= 4 is 29.5 Å². The number of rotatable bonds is 4. The van der Waals surface area contributed by atoms with Gasteiger partial charge in [0.2, 0.25) is 0 Å². The van der Waals surface area contributed by atoms with E-state index in [0.29, 0.717) is 16.5 Å². The standard InChI is InChI=1S/C17H16NO4P/c1-17(16(19)20,12-7-3-2-4-8-12)23(21,22)15-11-18-14-10-6-5-9-13(14)15/h2-11,18H,1H3,(H,19,20)(H,21,22). The number of aliphatic carboxylic acids is 1. The van der Waals surface area contributed by atoms with Crippen LogP contribution in [0, 0.1) is 0 Å². The van der Waals surface area contributed by atoms with E-state index in [9.17, 15) is 19.4 Å². The van der Waals surface area contributed by atoms with Gasteiger partial charge in [-0.2, -0.15) is 0 Å². The molecule has 0 aliphatic rings. The SMILES string of the molecule is CC(C(=O)O)(c1ccccc1)P(=O)(O)c1c[nH]c2ccccc12. The molecule has 2 atom stereocenters. The molecule has 6 heteroatoms. The van der Waals surface area contributed by atoms with Crippen LogP contribution in [0.15, 0.2) is 60.8 Å². The van der Waals surface area contributed by atoms with Gasteiger partial charge in [-0.1, -0.05) is 48.5 Å². The zero-order valence-electron chi connectivity index (χ0n) is 12.4. The highest BCUT2D eigenvalue weighted by Gasteiger charge is 2.53. The zero-order valence-corrected chi connectivity index (χ0v) is 13.3. The number of para-hydroxylation sites is 1. The van der Waals surface area contributed by atoms with Crippen LogP contribution in [0.2, 0.25) is 0 Å². The van der Waals surface area contributed by atoms with Crippen molar-refractivity contribution < 1.29 is 19.4 Å². The summed E-state index contributed by atoms with van der Waals surface area (Å²) in [7, 11) is -4.27. The highest BCUT2D eigenvalue weighted by molar-refractivity contribution is 7.68. The van der Waals surface area contributed by atoms with Gasteiger partial charge in [0.05, 0.1) is 5.30 Å². The minimum Gasteiger partial charge on any atom is -0.480 e. The third kappa shape index (κ3) is 2.21. The van der Waals surface area contributed by atoms with Crippen LogP contribution in [0.1, 0.15) is 12.5 Å². The number of fused-ring (bicyclic) bond motifs is 1. The molecule has 3 N–H and O–H groups in total. The first-order valence-corrected chi connectivity index (χ1v) is 8.73. The van der Waals surface area contributed by atoms with Crippen molar-refractivity contribution in [2.75, 3.05) is 0 Å². The fourth-order valence-electron chi connectivity index (χ4n) is 2.74. The Hall–Kier alpha value is -2.36. The molecule has 0 fully saturated rings. The van der Waals surface area contributed by atoms with E-state index in [1.54, 1.807) is 54.6 Å². The second kappa shape index (κ2) is 5.37. The van der Waals surface area contributed by atoms with Gasteiger partial charge in [-0.05, 0) is 18.6 Å². The molecule has 2 aromatic carbocycles. The molecule has 1 aromatic heterocycles. The fraction of sp³-hybridized carbons (Fsp3) is 0.118. The van der Waals surface area contributed by atoms with Gasteiger partial charge in [0.1, 0.15) is 0 Å². The number of carbonyl (C=O) groups is 1. The van der Waals surface area contributed by atoms with Gasteiger partial charge in [-0.3, -0.25) is 9.36 Å². The lowest BCUT2D eigenvalue weighted by Gasteiger charge is -2.30. The van der Waals surface area contributed by atoms with Crippen LogP contribution < -0.4 is 5.30 Å². The summed E-state index contributed by atoms with van der Waals surface area (Å²) >= 11 is 0.